The third kappa shape index (κ3) is 22.2. The van der Waals surface area contributed by atoms with Crippen LogP contribution in [0, 0.1) is 0 Å². The summed E-state index contributed by atoms with van der Waals surface area (Å²) in [7, 11) is -1.47. The Bertz CT molecular complexity index is 255. The molecule has 0 aliphatic carbocycles. The topological polar surface area (TPSA) is 0 Å². The molecule has 0 rings (SSSR count). The molecule has 0 atom stereocenters. The fourth-order valence-corrected chi connectivity index (χ4v) is 3.99. The average molecular weight is 359 g/mol. The minimum atomic E-state index is -1.47. The summed E-state index contributed by atoms with van der Waals surface area (Å²) in [5.74, 6) is 0. The van der Waals surface area contributed by atoms with Crippen molar-refractivity contribution in [3.63, 3.8) is 0 Å². The molecule has 0 nitrogen and oxygen atoms in total. The van der Waals surface area contributed by atoms with Crippen LogP contribution < -0.4 is 0 Å². The summed E-state index contributed by atoms with van der Waals surface area (Å²) in [4.78, 5) is 0. The number of allylic oxidation sites excluding steroid dienone is 1. The molecule has 0 bridgehead atoms. The first-order chi connectivity index (χ1) is 11.1. The van der Waals surface area contributed by atoms with Crippen molar-refractivity contribution in [2.45, 2.75) is 123 Å². The highest BCUT2D eigenvalue weighted by molar-refractivity contribution is 7.21. The van der Waals surface area contributed by atoms with Gasteiger partial charge in [-0.15, -0.1) is 0 Å². The van der Waals surface area contributed by atoms with Crippen LogP contribution in [0.15, 0.2) is 11.8 Å². The maximum Gasteiger partial charge on any atom is 0.173 e. The van der Waals surface area contributed by atoms with Crippen LogP contribution in [-0.4, -0.2) is 7.38 Å². The molecule has 0 saturated heterocycles. The van der Waals surface area contributed by atoms with Crippen molar-refractivity contribution in [3.8, 4) is 0 Å². The van der Waals surface area contributed by atoms with Crippen LogP contribution >= 0.6 is 11.1 Å². The maximum absolute atomic E-state index is 6.26. The second-order valence-electron chi connectivity index (χ2n) is 7.71. The van der Waals surface area contributed by atoms with Crippen LogP contribution in [0.25, 0.3) is 0 Å². The van der Waals surface area contributed by atoms with Crippen LogP contribution in [0.3, 0.4) is 0 Å². The second-order valence-corrected chi connectivity index (χ2v) is 14.1. The Kier molecular flexibility index (Phi) is 17.3. The lowest BCUT2D eigenvalue weighted by atomic mass is 10.0. The lowest BCUT2D eigenvalue weighted by Crippen LogP contribution is -2.11. The fraction of sp³-hybridized carbons (Fsp3) is 0.905. The molecule has 0 unspecified atom stereocenters. The molecular weight excluding hydrogens is 316 g/mol. The normalized spacial score (nSPS) is 12.3. The van der Waals surface area contributed by atoms with Gasteiger partial charge in [-0.1, -0.05) is 122 Å². The van der Waals surface area contributed by atoms with Gasteiger partial charge in [0.1, 0.15) is 0 Å². The molecule has 138 valence electrons. The lowest BCUT2D eigenvalue weighted by Gasteiger charge is -2.05. The highest BCUT2D eigenvalue weighted by Gasteiger charge is 2.10. The van der Waals surface area contributed by atoms with Gasteiger partial charge in [0.2, 0.25) is 0 Å². The molecule has 0 spiro atoms. The molecule has 23 heavy (non-hydrogen) atoms. The summed E-state index contributed by atoms with van der Waals surface area (Å²) in [6.07, 6.45) is 25.1. The van der Waals surface area contributed by atoms with Gasteiger partial charge in [-0.25, -0.2) is 0 Å². The van der Waals surface area contributed by atoms with E-state index in [1.54, 1.807) is 0 Å². The summed E-state index contributed by atoms with van der Waals surface area (Å²) >= 11 is 6.26. The Hall–Kier alpha value is 0.247. The summed E-state index contributed by atoms with van der Waals surface area (Å²) in [6.45, 7) is 6.65. The molecule has 0 aromatic carbocycles. The van der Waals surface area contributed by atoms with E-state index in [1.165, 1.54) is 103 Å². The molecular formula is C21H43ClSi. The van der Waals surface area contributed by atoms with Crippen molar-refractivity contribution in [3.05, 3.63) is 11.8 Å². The Labute approximate surface area is 153 Å². The van der Waals surface area contributed by atoms with E-state index in [9.17, 15) is 0 Å². The SMILES string of the molecule is CCCCCCCCCCCCCCCCCC=C[Si](C)(C)Cl. The average Bonchev–Trinajstić information content (AvgIpc) is 2.49. The first-order valence-electron chi connectivity index (χ1n) is 10.4. The minimum absolute atomic E-state index is 1.22. The zero-order valence-corrected chi connectivity index (χ0v) is 18.1. The quantitative estimate of drug-likeness (QED) is 0.138. The van der Waals surface area contributed by atoms with Crippen LogP contribution in [0.4, 0.5) is 0 Å². The maximum atomic E-state index is 6.26. The second kappa shape index (κ2) is 17.1. The first-order valence-corrected chi connectivity index (χ1v) is 14.5. The molecule has 0 aromatic rings. The predicted molar refractivity (Wildman–Crippen MR) is 112 cm³/mol. The third-order valence-electron chi connectivity index (χ3n) is 4.49. The van der Waals surface area contributed by atoms with Crippen molar-refractivity contribution < 1.29 is 0 Å². The van der Waals surface area contributed by atoms with Gasteiger partial charge in [0.15, 0.2) is 7.38 Å². The van der Waals surface area contributed by atoms with Gasteiger partial charge in [-0.05, 0) is 12.8 Å². The first kappa shape index (κ1) is 23.2. The van der Waals surface area contributed by atoms with E-state index in [1.807, 2.05) is 0 Å². The monoisotopic (exact) mass is 358 g/mol. The van der Waals surface area contributed by atoms with E-state index < -0.39 is 7.38 Å². The highest BCUT2D eigenvalue weighted by Crippen LogP contribution is 2.14. The van der Waals surface area contributed by atoms with Crippen LogP contribution in [0.1, 0.15) is 110 Å². The molecule has 0 aliphatic heterocycles. The Morgan fingerprint density at radius 1 is 0.609 bits per heavy atom. The van der Waals surface area contributed by atoms with Gasteiger partial charge in [-0.3, -0.25) is 0 Å². The molecule has 0 fully saturated rings. The number of unbranched alkanes of at least 4 members (excludes halogenated alkanes) is 15. The lowest BCUT2D eigenvalue weighted by molar-refractivity contribution is 0.533. The van der Waals surface area contributed by atoms with Gasteiger partial charge >= 0.3 is 0 Å². The molecule has 0 radical (unpaired) electrons. The largest absolute Gasteiger partial charge is 0.173 e. The summed E-state index contributed by atoms with van der Waals surface area (Å²) in [5.41, 5.74) is 2.26. The molecule has 0 aromatic heterocycles. The zero-order valence-electron chi connectivity index (χ0n) is 16.3. The van der Waals surface area contributed by atoms with Gasteiger partial charge in [0, 0.05) is 0 Å². The van der Waals surface area contributed by atoms with E-state index in [-0.39, 0.29) is 0 Å². The smallest absolute Gasteiger partial charge is 0.162 e. The molecule has 2 heteroatoms. The Morgan fingerprint density at radius 3 is 1.30 bits per heavy atom. The molecule has 0 amide bonds. The van der Waals surface area contributed by atoms with E-state index >= 15 is 0 Å². The van der Waals surface area contributed by atoms with Gasteiger partial charge in [-0.2, -0.15) is 11.1 Å². The van der Waals surface area contributed by atoms with E-state index in [0.29, 0.717) is 0 Å². The predicted octanol–water partition coefficient (Wildman–Crippen LogP) is 8.79. The standard InChI is InChI=1S/C21H43ClSi/c1-4-5-6-7-8-9-10-11-12-13-14-15-16-17-18-19-20-21-23(2,3)22/h20-21H,4-19H2,1-3H3. The summed E-state index contributed by atoms with van der Waals surface area (Å²) in [5, 5.41) is 0. The van der Waals surface area contributed by atoms with Crippen molar-refractivity contribution in [2.75, 3.05) is 0 Å². The van der Waals surface area contributed by atoms with Crippen molar-refractivity contribution in [2.24, 2.45) is 0 Å². The number of hydrogen-bond donors (Lipinski definition) is 0. The van der Waals surface area contributed by atoms with Gasteiger partial charge in [0.25, 0.3) is 0 Å². The number of halogens is 1. The minimum Gasteiger partial charge on any atom is -0.162 e. The Balaban J connectivity index is 3.07. The summed E-state index contributed by atoms with van der Waals surface area (Å²) < 4.78 is 0. The van der Waals surface area contributed by atoms with Crippen LogP contribution in [-0.2, 0) is 0 Å². The van der Waals surface area contributed by atoms with Crippen molar-refractivity contribution in [1.82, 2.24) is 0 Å². The molecule has 0 saturated carbocycles. The van der Waals surface area contributed by atoms with Gasteiger partial charge < -0.3 is 0 Å². The van der Waals surface area contributed by atoms with Gasteiger partial charge in [0.05, 0.1) is 0 Å². The molecule has 0 heterocycles. The van der Waals surface area contributed by atoms with E-state index in [0.717, 1.165) is 0 Å². The van der Waals surface area contributed by atoms with E-state index in [2.05, 4.69) is 31.8 Å². The Morgan fingerprint density at radius 2 is 0.957 bits per heavy atom. The molecule has 0 aliphatic rings. The third-order valence-corrected chi connectivity index (χ3v) is 5.89. The number of rotatable bonds is 17. The highest BCUT2D eigenvalue weighted by atomic mass is 35.6. The number of hydrogen-bond acceptors (Lipinski definition) is 0. The molecule has 0 N–H and O–H groups in total. The van der Waals surface area contributed by atoms with Crippen molar-refractivity contribution in [1.29, 1.82) is 0 Å². The fourth-order valence-electron chi connectivity index (χ4n) is 3.00. The van der Waals surface area contributed by atoms with Crippen LogP contribution in [0.5, 0.6) is 0 Å². The van der Waals surface area contributed by atoms with Crippen molar-refractivity contribution >= 4 is 18.5 Å². The van der Waals surface area contributed by atoms with Crippen LogP contribution in [0.2, 0.25) is 13.1 Å². The zero-order chi connectivity index (χ0) is 17.2. The summed E-state index contributed by atoms with van der Waals surface area (Å²) in [6, 6.07) is 0. The van der Waals surface area contributed by atoms with E-state index in [4.69, 9.17) is 11.1 Å².